The third-order valence-corrected chi connectivity index (χ3v) is 0.889. The maximum atomic E-state index is 6.78. The van der Waals surface area contributed by atoms with Crippen molar-refractivity contribution < 1.29 is 0 Å². The molecule has 0 N–H and O–H groups in total. The van der Waals surface area contributed by atoms with Gasteiger partial charge >= 0.3 is 0 Å². The van der Waals surface area contributed by atoms with Gasteiger partial charge < -0.3 is 0 Å². The van der Waals surface area contributed by atoms with Gasteiger partial charge in [0.05, 0.1) is 0 Å². The molecule has 0 saturated heterocycles. The molecule has 0 aliphatic rings. The van der Waals surface area contributed by atoms with E-state index in [1.54, 1.807) is 0 Å². The molecule has 0 atom stereocenters. The van der Waals surface area contributed by atoms with Gasteiger partial charge in [0.2, 0.25) is 0 Å². The number of hydrogen-bond donors (Lipinski definition) is 0. The van der Waals surface area contributed by atoms with Crippen molar-refractivity contribution in [2.75, 3.05) is 0 Å². The van der Waals surface area contributed by atoms with E-state index in [-0.39, 0.29) is 0 Å². The summed E-state index contributed by atoms with van der Waals surface area (Å²) in [5.74, 6) is 0. The Hall–Kier alpha value is 0.519. The number of hydrogen-bond acceptors (Lipinski definition) is 0. The molecule has 0 heterocycles. The number of rotatable bonds is 3. The molecule has 25 valence electrons. The molecule has 0 aliphatic carbocycles. The lowest BCUT2D eigenvalue weighted by molar-refractivity contribution is 3.62. The second kappa shape index (κ2) is 3.53. The summed E-state index contributed by atoms with van der Waals surface area (Å²) in [7, 11) is 21.9. The van der Waals surface area contributed by atoms with Crippen molar-refractivity contribution in [3.8, 4) is 0 Å². The smallest absolute Gasteiger partial charge is 0.0322 e. The van der Waals surface area contributed by atoms with Crippen LogP contribution < -0.4 is 0 Å². The monoisotopic (exact) mass is 91.1 g/mol. The Labute approximate surface area is 59.8 Å². The quantitative estimate of drug-likeness (QED) is 0.318. The zero-order valence-corrected chi connectivity index (χ0v) is 4.62. The van der Waals surface area contributed by atoms with E-state index in [4.69, 9.17) is 32.3 Å². The molecule has 8 heavy (non-hydrogen) atoms. The molecule has 0 amide bonds. The van der Waals surface area contributed by atoms with Crippen LogP contribution in [0.5, 0.6) is 0 Å². The molecule has 0 rings (SSSR count). The van der Waals surface area contributed by atoms with Crippen LogP contribution in [0.1, 0.15) is 0 Å². The van der Waals surface area contributed by atoms with Crippen LogP contribution in [0.15, 0.2) is 0 Å². The lowest BCUT2D eigenvalue weighted by Crippen LogP contribution is -2.52. The largest absolute Gasteiger partial charge is 0.0384 e. The van der Waals surface area contributed by atoms with E-state index in [0.29, 0.717) is 0 Å². The standard InChI is InChI=1S/B8H/c1-6(2)8(5)7(3)4/h5H/i5T. The van der Waals surface area contributed by atoms with Crippen molar-refractivity contribution in [2.45, 2.75) is 0 Å². The van der Waals surface area contributed by atoms with E-state index in [1.807, 2.05) is 0 Å². The molecule has 8 heteroatoms. The van der Waals surface area contributed by atoms with Gasteiger partial charge in [-0.05, 0) is 1.34 Å². The van der Waals surface area contributed by atoms with E-state index in [0.717, 1.165) is 7.70 Å². The molecule has 0 saturated carbocycles. The second-order valence-electron chi connectivity index (χ2n) is 1.73. The first-order valence-electron chi connectivity index (χ1n) is 2.91. The first-order valence-corrected chi connectivity index (χ1v) is 2.33. The lowest BCUT2D eigenvalue weighted by atomic mass is 8.68. The molecule has 0 aromatic carbocycles. The summed E-state index contributed by atoms with van der Waals surface area (Å²) in [6.45, 7) is 0. The third-order valence-electron chi connectivity index (χ3n) is 0.889. The topological polar surface area (TPSA) is 0 Å². The highest BCUT2D eigenvalue weighted by Gasteiger charge is 2.14. The predicted octanol–water partition coefficient (Wildman–Crippen LogP) is -3.31. The Balaban J connectivity index is 3.68. The minimum atomic E-state index is -0.637. The van der Waals surface area contributed by atoms with Gasteiger partial charge in [-0.1, -0.05) is 0 Å². The summed E-state index contributed by atoms with van der Waals surface area (Å²) in [5, 5.41) is 0. The first kappa shape index (κ1) is 6.64. The van der Waals surface area contributed by atoms with Gasteiger partial charge in [0.1, 0.15) is 0 Å². The van der Waals surface area contributed by atoms with Crippen molar-refractivity contribution in [2.24, 2.45) is 0 Å². The summed E-state index contributed by atoms with van der Waals surface area (Å²) in [6.07, 6.45) is -1.70. The fraction of sp³-hybridized carbons (Fsp3) is 0. The molecule has 0 nitrogen and oxygen atoms in total. The van der Waals surface area contributed by atoms with Crippen LogP contribution in [-0.2, 0) is 0 Å². The lowest BCUT2D eigenvalue weighted by Gasteiger charge is -2.13. The van der Waals surface area contributed by atoms with Crippen molar-refractivity contribution in [3.63, 3.8) is 0 Å². The summed E-state index contributed by atoms with van der Waals surface area (Å²) in [6, 6.07) is 0. The van der Waals surface area contributed by atoms with Crippen LogP contribution in [0.3, 0.4) is 0 Å². The fourth-order valence-corrected chi connectivity index (χ4v) is 0.257. The van der Waals surface area contributed by atoms with Crippen LogP contribution in [0.2, 0.25) is 0 Å². The third kappa shape index (κ3) is 2.74. The van der Waals surface area contributed by atoms with Crippen LogP contribution in [0.4, 0.5) is 0 Å². The zero-order valence-electron chi connectivity index (χ0n) is 5.62. The maximum absolute atomic E-state index is 6.78. The molecule has 0 fully saturated rings. The molecule has 0 aromatic heterocycles. The minimum absolute atomic E-state index is 0.426. The second-order valence-corrected chi connectivity index (χ2v) is 1.73. The average molecular weight is 89.5 g/mol. The Kier molecular flexibility index (Phi) is 2.93. The van der Waals surface area contributed by atoms with Gasteiger partial charge in [-0.25, -0.2) is 0 Å². The summed E-state index contributed by atoms with van der Waals surface area (Å²) in [4.78, 5) is 0. The van der Waals surface area contributed by atoms with Gasteiger partial charge in [-0.15, -0.1) is 0 Å². The molecule has 0 aliphatic heterocycles. The summed E-state index contributed by atoms with van der Waals surface area (Å²) in [5.41, 5.74) is 0. The Morgan fingerprint density at radius 1 is 1.12 bits per heavy atom. The van der Waals surface area contributed by atoms with Crippen molar-refractivity contribution in [1.82, 2.24) is 0 Å². The average Bonchev–Trinajstić information content (AvgIpc) is 1.64. The predicted molar refractivity (Wildman–Crippen MR) is 47.4 cm³/mol. The molecular formula is HB8. The van der Waals surface area contributed by atoms with Crippen molar-refractivity contribution in [1.29, 1.82) is 1.34 Å². The zero-order chi connectivity index (χ0) is 7.44. The van der Waals surface area contributed by atoms with Crippen LogP contribution in [-0.4, -0.2) is 59.1 Å². The van der Waals surface area contributed by atoms with Gasteiger partial charge in [0.15, 0.2) is 0 Å². The normalized spacial score (nSPS) is 9.25. The van der Waals surface area contributed by atoms with E-state index in [2.05, 4.69) is 0 Å². The maximum Gasteiger partial charge on any atom is 0.0322 e. The van der Waals surface area contributed by atoms with E-state index < -0.39 is 19.2 Å². The Bertz CT molecular complexity index is 59.0. The highest BCUT2D eigenvalue weighted by Crippen LogP contribution is 1.76. The SMILES string of the molecule is [3H][B]B(B([B])[B])B([B])[B]. The Morgan fingerprint density at radius 2 is 1.50 bits per heavy atom. The highest BCUT2D eigenvalue weighted by molar-refractivity contribution is 7.89. The highest BCUT2D eigenvalue weighted by atomic mass is 13.0. The van der Waals surface area contributed by atoms with E-state index in [9.17, 15) is 0 Å². The molecule has 0 spiro atoms. The van der Waals surface area contributed by atoms with E-state index in [1.165, 1.54) is 0 Å². The molecular weight excluding hydrogens is 86.5 g/mol. The minimum Gasteiger partial charge on any atom is -0.0384 e. The molecule has 0 unspecified atom stereocenters. The van der Waals surface area contributed by atoms with Gasteiger partial charge in [-0.3, -0.25) is 0 Å². The van der Waals surface area contributed by atoms with E-state index >= 15 is 0 Å². The summed E-state index contributed by atoms with van der Waals surface area (Å²) >= 11 is 0. The molecule has 0 aromatic rings. The van der Waals surface area contributed by atoms with Crippen molar-refractivity contribution in [3.05, 3.63) is 0 Å². The van der Waals surface area contributed by atoms with Gasteiger partial charge in [0.25, 0.3) is 0 Å². The van der Waals surface area contributed by atoms with Crippen LogP contribution >= 0.6 is 0 Å². The first-order chi connectivity index (χ1) is 4.09. The van der Waals surface area contributed by atoms with Crippen LogP contribution in [0, 0.1) is 0 Å². The molecule has 9 radical (unpaired) electrons. The van der Waals surface area contributed by atoms with Gasteiger partial charge in [0, 0.05) is 57.8 Å². The Morgan fingerprint density at radius 3 is 1.50 bits per heavy atom. The van der Waals surface area contributed by atoms with Crippen molar-refractivity contribution >= 4 is 57.8 Å². The summed E-state index contributed by atoms with van der Waals surface area (Å²) < 4.78 is 6.78. The molecule has 0 bridgehead atoms. The van der Waals surface area contributed by atoms with Crippen LogP contribution in [0.25, 0.3) is 0 Å². The van der Waals surface area contributed by atoms with Gasteiger partial charge in [-0.2, -0.15) is 0 Å². The fourth-order valence-electron chi connectivity index (χ4n) is 0.257.